The summed E-state index contributed by atoms with van der Waals surface area (Å²) in [5.74, 6) is -1.82. The van der Waals surface area contributed by atoms with Crippen LogP contribution in [0.25, 0.3) is 0 Å². The molecule has 0 radical (unpaired) electrons. The first kappa shape index (κ1) is 11.9. The van der Waals surface area contributed by atoms with Crippen LogP contribution in [0.15, 0.2) is 0 Å². The van der Waals surface area contributed by atoms with Crippen LogP contribution in [0.5, 0.6) is 0 Å². The Morgan fingerprint density at radius 1 is 1.15 bits per heavy atom. The predicted octanol–water partition coefficient (Wildman–Crippen LogP) is 0.433. The minimum absolute atomic E-state index is 0.141. The van der Waals surface area contributed by atoms with E-state index in [1.165, 1.54) is 0 Å². The van der Waals surface area contributed by atoms with Crippen molar-refractivity contribution in [3.05, 3.63) is 0 Å². The molecule has 0 aromatic heterocycles. The normalized spacial score (nSPS) is 12.4. The van der Waals surface area contributed by atoms with E-state index in [9.17, 15) is 9.59 Å². The number of carbonyl (C=O) groups is 2. The molecule has 13 heavy (non-hydrogen) atoms. The van der Waals surface area contributed by atoms with Crippen LogP contribution in [-0.2, 0) is 9.59 Å². The van der Waals surface area contributed by atoms with E-state index < -0.39 is 18.0 Å². The van der Waals surface area contributed by atoms with Crippen molar-refractivity contribution in [3.8, 4) is 0 Å². The maximum Gasteiger partial charge on any atom is 0.320 e. The van der Waals surface area contributed by atoms with Crippen molar-refractivity contribution >= 4 is 11.9 Å². The predicted molar refractivity (Wildman–Crippen MR) is 46.3 cm³/mol. The van der Waals surface area contributed by atoms with Gasteiger partial charge in [0.2, 0.25) is 0 Å². The van der Waals surface area contributed by atoms with Crippen LogP contribution in [-0.4, -0.2) is 28.2 Å². The first-order valence-corrected chi connectivity index (χ1v) is 4.24. The zero-order chi connectivity index (χ0) is 10.3. The number of aliphatic carboxylic acids is 2. The Kier molecular flexibility index (Phi) is 5.88. The lowest BCUT2D eigenvalue weighted by atomic mass is 10.1. The lowest BCUT2D eigenvalue weighted by Crippen LogP contribution is -2.29. The summed E-state index contributed by atoms with van der Waals surface area (Å²) in [7, 11) is 0. The molecule has 4 N–H and O–H groups in total. The van der Waals surface area contributed by atoms with Gasteiger partial charge in [-0.2, -0.15) is 0 Å². The quantitative estimate of drug-likeness (QED) is 0.504. The number of hydrogen-bond donors (Lipinski definition) is 3. The van der Waals surface area contributed by atoms with Gasteiger partial charge in [0, 0.05) is 6.42 Å². The number of nitrogens with two attached hydrogens (primary N) is 1. The molecule has 5 heteroatoms. The SMILES string of the molecule is N[C@@H](CCCCCC(=O)O)C(=O)O. The monoisotopic (exact) mass is 189 g/mol. The summed E-state index contributed by atoms with van der Waals surface area (Å²) < 4.78 is 0. The average Bonchev–Trinajstić information content (AvgIpc) is 2.02. The Morgan fingerprint density at radius 3 is 2.23 bits per heavy atom. The highest BCUT2D eigenvalue weighted by molar-refractivity contribution is 5.72. The van der Waals surface area contributed by atoms with E-state index in [0.717, 1.165) is 0 Å². The molecule has 0 aliphatic carbocycles. The molecule has 0 heterocycles. The van der Waals surface area contributed by atoms with Gasteiger partial charge in [-0.05, 0) is 12.8 Å². The van der Waals surface area contributed by atoms with Crippen LogP contribution in [0.1, 0.15) is 32.1 Å². The molecular formula is C8H15NO4. The third-order valence-corrected chi connectivity index (χ3v) is 1.72. The maximum atomic E-state index is 10.3. The van der Waals surface area contributed by atoms with Crippen LogP contribution in [0.2, 0.25) is 0 Å². The van der Waals surface area contributed by atoms with Gasteiger partial charge in [-0.15, -0.1) is 0 Å². The fourth-order valence-electron chi connectivity index (χ4n) is 0.941. The van der Waals surface area contributed by atoms with Gasteiger partial charge in [0.05, 0.1) is 0 Å². The van der Waals surface area contributed by atoms with E-state index in [2.05, 4.69) is 0 Å². The molecular weight excluding hydrogens is 174 g/mol. The Labute approximate surface area is 76.5 Å². The van der Waals surface area contributed by atoms with E-state index in [1.807, 2.05) is 0 Å². The Morgan fingerprint density at radius 2 is 1.77 bits per heavy atom. The standard InChI is InChI=1S/C8H15NO4/c9-6(8(12)13)4-2-1-3-5-7(10)11/h6H,1-5,9H2,(H,10,11)(H,12,13)/t6-/m0/s1. The van der Waals surface area contributed by atoms with Crippen LogP contribution in [0.4, 0.5) is 0 Å². The number of carboxylic acids is 2. The topological polar surface area (TPSA) is 101 Å². The van der Waals surface area contributed by atoms with Crippen molar-refractivity contribution in [1.29, 1.82) is 0 Å². The van der Waals surface area contributed by atoms with Crippen molar-refractivity contribution in [3.63, 3.8) is 0 Å². The van der Waals surface area contributed by atoms with E-state index >= 15 is 0 Å². The van der Waals surface area contributed by atoms with Crippen molar-refractivity contribution in [2.45, 2.75) is 38.1 Å². The molecule has 0 saturated carbocycles. The first-order valence-electron chi connectivity index (χ1n) is 4.24. The second-order valence-electron chi connectivity index (χ2n) is 2.94. The summed E-state index contributed by atoms with van der Waals surface area (Å²) in [6, 6.07) is -0.815. The van der Waals surface area contributed by atoms with Gasteiger partial charge < -0.3 is 15.9 Å². The van der Waals surface area contributed by atoms with Crippen molar-refractivity contribution in [2.24, 2.45) is 5.73 Å². The molecule has 5 nitrogen and oxygen atoms in total. The number of hydrogen-bond acceptors (Lipinski definition) is 3. The second kappa shape index (κ2) is 6.42. The highest BCUT2D eigenvalue weighted by Gasteiger charge is 2.09. The molecule has 0 fully saturated rings. The summed E-state index contributed by atoms with van der Waals surface area (Å²) in [6.45, 7) is 0. The smallest absolute Gasteiger partial charge is 0.320 e. The molecule has 1 atom stereocenters. The summed E-state index contributed by atoms with van der Waals surface area (Å²) in [6.07, 6.45) is 2.52. The van der Waals surface area contributed by atoms with Crippen molar-refractivity contribution in [1.82, 2.24) is 0 Å². The number of carboxylic acid groups (broad SMARTS) is 2. The summed E-state index contributed by atoms with van der Waals surface area (Å²) in [5.41, 5.74) is 5.24. The zero-order valence-electron chi connectivity index (χ0n) is 7.40. The fourth-order valence-corrected chi connectivity index (χ4v) is 0.941. The van der Waals surface area contributed by atoms with Crippen LogP contribution < -0.4 is 5.73 Å². The highest BCUT2D eigenvalue weighted by Crippen LogP contribution is 2.04. The summed E-state index contributed by atoms with van der Waals surface area (Å²) in [5, 5.41) is 16.7. The van der Waals surface area contributed by atoms with Gasteiger partial charge in [-0.1, -0.05) is 12.8 Å². The lowest BCUT2D eigenvalue weighted by Gasteiger charge is -2.04. The third-order valence-electron chi connectivity index (χ3n) is 1.72. The summed E-state index contributed by atoms with van der Waals surface area (Å²) in [4.78, 5) is 20.3. The molecule has 0 bridgehead atoms. The molecule has 0 unspecified atom stereocenters. The van der Waals surface area contributed by atoms with E-state index in [1.54, 1.807) is 0 Å². The Bertz CT molecular complexity index is 181. The summed E-state index contributed by atoms with van der Waals surface area (Å²) >= 11 is 0. The molecule has 0 rings (SSSR count). The van der Waals surface area contributed by atoms with Crippen LogP contribution >= 0.6 is 0 Å². The number of unbranched alkanes of at least 4 members (excludes halogenated alkanes) is 2. The molecule has 0 aromatic carbocycles. The van der Waals surface area contributed by atoms with Crippen molar-refractivity contribution in [2.75, 3.05) is 0 Å². The van der Waals surface area contributed by atoms with E-state index in [0.29, 0.717) is 25.7 Å². The second-order valence-corrected chi connectivity index (χ2v) is 2.94. The highest BCUT2D eigenvalue weighted by atomic mass is 16.4. The molecule has 0 aliphatic heterocycles. The number of rotatable bonds is 7. The third kappa shape index (κ3) is 7.27. The molecule has 0 saturated heterocycles. The molecule has 0 spiro atoms. The molecule has 76 valence electrons. The minimum atomic E-state index is -1.00. The zero-order valence-corrected chi connectivity index (χ0v) is 7.40. The Balaban J connectivity index is 3.26. The van der Waals surface area contributed by atoms with E-state index in [-0.39, 0.29) is 6.42 Å². The van der Waals surface area contributed by atoms with E-state index in [4.69, 9.17) is 15.9 Å². The maximum absolute atomic E-state index is 10.3. The van der Waals surface area contributed by atoms with Gasteiger partial charge in [0.1, 0.15) is 6.04 Å². The van der Waals surface area contributed by atoms with Gasteiger partial charge >= 0.3 is 11.9 Å². The van der Waals surface area contributed by atoms with Gasteiger partial charge in [-0.3, -0.25) is 9.59 Å². The first-order chi connectivity index (χ1) is 6.04. The Hall–Kier alpha value is -1.10. The van der Waals surface area contributed by atoms with Crippen LogP contribution in [0, 0.1) is 0 Å². The minimum Gasteiger partial charge on any atom is -0.481 e. The molecule has 0 aliphatic rings. The van der Waals surface area contributed by atoms with Gasteiger partial charge in [0.15, 0.2) is 0 Å². The van der Waals surface area contributed by atoms with Gasteiger partial charge in [-0.25, -0.2) is 0 Å². The fraction of sp³-hybridized carbons (Fsp3) is 0.750. The largest absolute Gasteiger partial charge is 0.481 e. The lowest BCUT2D eigenvalue weighted by molar-refractivity contribution is -0.139. The van der Waals surface area contributed by atoms with Crippen molar-refractivity contribution < 1.29 is 19.8 Å². The average molecular weight is 189 g/mol. The molecule has 0 aromatic rings. The molecule has 0 amide bonds. The van der Waals surface area contributed by atoms with Gasteiger partial charge in [0.25, 0.3) is 0 Å². The van der Waals surface area contributed by atoms with Crippen LogP contribution in [0.3, 0.4) is 0 Å².